The van der Waals surface area contributed by atoms with E-state index in [4.69, 9.17) is 11.6 Å². The molecule has 2 amide bonds. The summed E-state index contributed by atoms with van der Waals surface area (Å²) in [4.78, 5) is 15.6. The van der Waals surface area contributed by atoms with Crippen LogP contribution in [-0.4, -0.2) is 15.5 Å². The number of amides is 2. The maximum absolute atomic E-state index is 13.7. The van der Waals surface area contributed by atoms with Crippen LogP contribution in [0.25, 0.3) is 5.69 Å². The molecule has 0 fully saturated rings. The third kappa shape index (κ3) is 3.67. The van der Waals surface area contributed by atoms with E-state index in [0.717, 1.165) is 33.8 Å². The Balaban J connectivity index is 1.62. The summed E-state index contributed by atoms with van der Waals surface area (Å²) < 4.78 is 2.18. The number of aryl methyl sites for hydroxylation is 2. The average Bonchev–Trinajstić information content (AvgIpc) is 3.21. The third-order valence-electron chi connectivity index (χ3n) is 6.03. The van der Waals surface area contributed by atoms with Gasteiger partial charge in [0.25, 0.3) is 0 Å². The van der Waals surface area contributed by atoms with E-state index in [1.807, 2.05) is 66.4 Å². The first-order chi connectivity index (χ1) is 15.5. The fraction of sp³-hybridized carbons (Fsp3) is 0.148. The molecule has 1 N–H and O–H groups in total. The number of nitrogens with one attached hydrogen (secondary N) is 1. The van der Waals surface area contributed by atoms with Crippen molar-refractivity contribution in [3.8, 4) is 5.69 Å². The van der Waals surface area contributed by atoms with Crippen LogP contribution in [0.1, 0.15) is 34.0 Å². The molecular weight excluding hydrogens is 418 g/mol. The van der Waals surface area contributed by atoms with E-state index in [1.54, 1.807) is 0 Å². The quantitative estimate of drug-likeness (QED) is 0.361. The van der Waals surface area contributed by atoms with E-state index < -0.39 is 0 Å². The molecule has 1 atom stereocenters. The lowest BCUT2D eigenvalue weighted by atomic mass is 10.0. The van der Waals surface area contributed by atoms with Gasteiger partial charge < -0.3 is 14.8 Å². The summed E-state index contributed by atoms with van der Waals surface area (Å²) in [7, 11) is 0. The maximum Gasteiger partial charge on any atom is 0.322 e. The summed E-state index contributed by atoms with van der Waals surface area (Å²) in [5, 5.41) is 3.82. The molecule has 4 nitrogen and oxygen atoms in total. The molecule has 1 aliphatic rings. The summed E-state index contributed by atoms with van der Waals surface area (Å²) in [5.41, 5.74) is 7.26. The number of hydrogen-bond donors (Lipinski definition) is 1. The van der Waals surface area contributed by atoms with Crippen LogP contribution < -0.4 is 5.32 Å². The Morgan fingerprint density at radius 2 is 1.75 bits per heavy atom. The van der Waals surface area contributed by atoms with Crippen molar-refractivity contribution in [3.63, 3.8) is 0 Å². The third-order valence-corrected chi connectivity index (χ3v) is 6.29. The molecule has 3 aromatic carbocycles. The van der Waals surface area contributed by atoms with Crippen LogP contribution >= 0.6 is 11.6 Å². The van der Waals surface area contributed by atoms with Gasteiger partial charge in [0.15, 0.2) is 0 Å². The summed E-state index contributed by atoms with van der Waals surface area (Å²) >= 11 is 6.17. The summed E-state index contributed by atoms with van der Waals surface area (Å²) in [6.45, 7) is 4.55. The van der Waals surface area contributed by atoms with E-state index in [2.05, 4.69) is 47.3 Å². The van der Waals surface area contributed by atoms with Crippen LogP contribution in [-0.2, 0) is 6.54 Å². The number of benzene rings is 3. The van der Waals surface area contributed by atoms with Gasteiger partial charge in [-0.2, -0.15) is 0 Å². The molecule has 1 aromatic heterocycles. The summed E-state index contributed by atoms with van der Waals surface area (Å²) in [6, 6.07) is 25.8. The number of nitrogens with zero attached hydrogens (tertiary/aromatic N) is 2. The minimum Gasteiger partial charge on any atom is -0.318 e. The molecule has 2 heterocycles. The largest absolute Gasteiger partial charge is 0.322 e. The molecule has 0 saturated carbocycles. The van der Waals surface area contributed by atoms with Gasteiger partial charge in [0.05, 0.1) is 18.3 Å². The van der Waals surface area contributed by atoms with Crippen LogP contribution in [0.4, 0.5) is 10.5 Å². The van der Waals surface area contributed by atoms with Gasteiger partial charge >= 0.3 is 6.03 Å². The molecule has 0 unspecified atom stereocenters. The molecule has 0 aliphatic carbocycles. The molecular formula is C27H24ClN3O. The van der Waals surface area contributed by atoms with Crippen molar-refractivity contribution in [2.24, 2.45) is 0 Å². The zero-order valence-electron chi connectivity index (χ0n) is 18.0. The first-order valence-electron chi connectivity index (χ1n) is 10.7. The average molecular weight is 442 g/mol. The molecule has 160 valence electrons. The van der Waals surface area contributed by atoms with E-state index in [9.17, 15) is 4.79 Å². The fourth-order valence-corrected chi connectivity index (χ4v) is 4.60. The van der Waals surface area contributed by atoms with Gasteiger partial charge in [0, 0.05) is 22.6 Å². The van der Waals surface area contributed by atoms with Crippen LogP contribution in [0.3, 0.4) is 0 Å². The lowest BCUT2D eigenvalue weighted by Crippen LogP contribution is -2.38. The number of carbonyl (C=O) groups is 1. The molecule has 32 heavy (non-hydrogen) atoms. The fourth-order valence-electron chi connectivity index (χ4n) is 4.48. The topological polar surface area (TPSA) is 37.3 Å². The predicted molar refractivity (Wildman–Crippen MR) is 130 cm³/mol. The second-order valence-electron chi connectivity index (χ2n) is 8.26. The number of fused-ring (bicyclic) bond motifs is 3. The van der Waals surface area contributed by atoms with E-state index >= 15 is 0 Å². The van der Waals surface area contributed by atoms with Gasteiger partial charge in [0.1, 0.15) is 0 Å². The Labute approximate surface area is 193 Å². The SMILES string of the molecule is Cc1ccc(NC(=O)N2Cc3ccccc3-n3cccc3[C@H]2c2ccc(Cl)cc2)c(C)c1. The van der Waals surface area contributed by atoms with Crippen LogP contribution in [0, 0.1) is 13.8 Å². The Bertz CT molecular complexity index is 1290. The van der Waals surface area contributed by atoms with Crippen molar-refractivity contribution in [3.05, 3.63) is 118 Å². The second kappa shape index (κ2) is 8.21. The lowest BCUT2D eigenvalue weighted by Gasteiger charge is -2.31. The van der Waals surface area contributed by atoms with E-state index in [1.165, 1.54) is 5.56 Å². The van der Waals surface area contributed by atoms with Gasteiger partial charge in [-0.1, -0.05) is 59.6 Å². The normalized spacial score (nSPS) is 15.0. The van der Waals surface area contributed by atoms with Crippen LogP contribution in [0.15, 0.2) is 85.1 Å². The van der Waals surface area contributed by atoms with Crippen molar-refractivity contribution in [2.45, 2.75) is 26.4 Å². The van der Waals surface area contributed by atoms with Gasteiger partial charge in [-0.05, 0) is 66.9 Å². The number of carbonyl (C=O) groups excluding carboxylic acids is 1. The van der Waals surface area contributed by atoms with Crippen molar-refractivity contribution in [1.82, 2.24) is 9.47 Å². The maximum atomic E-state index is 13.7. The molecule has 0 radical (unpaired) electrons. The van der Waals surface area contributed by atoms with E-state index in [-0.39, 0.29) is 12.1 Å². The van der Waals surface area contributed by atoms with Gasteiger partial charge in [-0.3, -0.25) is 0 Å². The number of urea groups is 1. The Morgan fingerprint density at radius 3 is 2.53 bits per heavy atom. The predicted octanol–water partition coefficient (Wildman–Crippen LogP) is 6.88. The Kier molecular flexibility index (Phi) is 5.24. The molecule has 4 aromatic rings. The molecule has 1 aliphatic heterocycles. The highest BCUT2D eigenvalue weighted by atomic mass is 35.5. The molecule has 5 heteroatoms. The molecule has 0 spiro atoms. The first kappa shape index (κ1) is 20.4. The smallest absolute Gasteiger partial charge is 0.318 e. The molecule has 5 rings (SSSR count). The van der Waals surface area contributed by atoms with Crippen molar-refractivity contribution >= 4 is 23.3 Å². The lowest BCUT2D eigenvalue weighted by molar-refractivity contribution is 0.194. The highest BCUT2D eigenvalue weighted by Crippen LogP contribution is 2.37. The minimum absolute atomic E-state index is 0.138. The van der Waals surface area contributed by atoms with Gasteiger partial charge in [0.2, 0.25) is 0 Å². The zero-order chi connectivity index (χ0) is 22.2. The van der Waals surface area contributed by atoms with Crippen molar-refractivity contribution in [1.29, 1.82) is 0 Å². The number of para-hydroxylation sites is 1. The van der Waals surface area contributed by atoms with Gasteiger partial charge in [-0.25, -0.2) is 4.79 Å². The Hall–Kier alpha value is -3.50. The summed E-state index contributed by atoms with van der Waals surface area (Å²) in [6.07, 6.45) is 2.06. The molecule has 0 bridgehead atoms. The van der Waals surface area contributed by atoms with Gasteiger partial charge in [-0.15, -0.1) is 0 Å². The zero-order valence-corrected chi connectivity index (χ0v) is 18.8. The number of aromatic nitrogens is 1. The van der Waals surface area contributed by atoms with Crippen molar-refractivity contribution < 1.29 is 4.79 Å². The van der Waals surface area contributed by atoms with Crippen LogP contribution in [0.2, 0.25) is 5.02 Å². The standard InChI is InChI=1S/C27H24ClN3O/c1-18-9-14-23(19(2)16-18)29-27(32)31-17-21-6-3-4-7-24(21)30-15-5-8-25(30)26(31)20-10-12-22(28)13-11-20/h3-16,26H,17H2,1-2H3,(H,29,32)/t26-/m1/s1. The summed E-state index contributed by atoms with van der Waals surface area (Å²) in [5.74, 6) is 0. The number of anilines is 1. The van der Waals surface area contributed by atoms with Crippen molar-refractivity contribution in [2.75, 3.05) is 5.32 Å². The monoisotopic (exact) mass is 441 g/mol. The second-order valence-corrected chi connectivity index (χ2v) is 8.70. The molecule has 0 saturated heterocycles. The highest BCUT2D eigenvalue weighted by Gasteiger charge is 2.33. The first-order valence-corrected chi connectivity index (χ1v) is 11.0. The number of hydrogen-bond acceptors (Lipinski definition) is 1. The van der Waals surface area contributed by atoms with E-state index in [0.29, 0.717) is 11.6 Å². The van der Waals surface area contributed by atoms with Crippen LogP contribution in [0.5, 0.6) is 0 Å². The minimum atomic E-state index is -0.263. The highest BCUT2D eigenvalue weighted by molar-refractivity contribution is 6.30. The Morgan fingerprint density at radius 1 is 0.969 bits per heavy atom. The number of halogens is 1. The number of rotatable bonds is 2.